The van der Waals surface area contributed by atoms with Crippen molar-refractivity contribution in [3.8, 4) is 5.75 Å². The van der Waals surface area contributed by atoms with E-state index in [1.165, 1.54) is 0 Å². The minimum absolute atomic E-state index is 0.0905. The zero-order valence-electron chi connectivity index (χ0n) is 12.8. The number of carbonyl (C=O) groups excluding carboxylic acids is 1. The van der Waals surface area contributed by atoms with Crippen LogP contribution in [0.2, 0.25) is 0 Å². The number of ether oxygens (including phenoxy) is 1. The average molecular weight is 289 g/mol. The molecular weight excluding hydrogens is 266 g/mol. The Labute approximate surface area is 125 Å². The van der Waals surface area contributed by atoms with Crippen molar-refractivity contribution in [3.05, 3.63) is 23.8 Å². The van der Waals surface area contributed by atoms with Gasteiger partial charge in [-0.2, -0.15) is 0 Å². The monoisotopic (exact) mass is 289 g/mol. The molecule has 5 heteroatoms. The number of nitrogens with zero attached hydrogens (tertiary/aromatic N) is 2. The van der Waals surface area contributed by atoms with Gasteiger partial charge in [0.05, 0.1) is 11.3 Å². The topological polar surface area (TPSA) is 44.8 Å². The molecule has 1 saturated heterocycles. The van der Waals surface area contributed by atoms with E-state index in [0.717, 1.165) is 38.2 Å². The summed E-state index contributed by atoms with van der Waals surface area (Å²) in [6.07, 6.45) is 2.07. The van der Waals surface area contributed by atoms with Crippen molar-refractivity contribution in [2.75, 3.05) is 45.7 Å². The quantitative estimate of drug-likeness (QED) is 0.899. The Morgan fingerprint density at radius 3 is 2.81 bits per heavy atom. The third-order valence-electron chi connectivity index (χ3n) is 4.39. The van der Waals surface area contributed by atoms with Crippen molar-refractivity contribution in [3.63, 3.8) is 0 Å². The number of nitrogens with one attached hydrogen (secondary N) is 1. The van der Waals surface area contributed by atoms with E-state index in [1.54, 1.807) is 0 Å². The number of carbonyl (C=O) groups is 1. The first-order valence-corrected chi connectivity index (χ1v) is 7.62. The molecule has 0 radical (unpaired) electrons. The van der Waals surface area contributed by atoms with Gasteiger partial charge >= 0.3 is 0 Å². The maximum atomic E-state index is 12.8. The Morgan fingerprint density at radius 1 is 1.33 bits per heavy atom. The lowest BCUT2D eigenvalue weighted by atomic mass is 10.0. The maximum Gasteiger partial charge on any atom is 0.257 e. The van der Waals surface area contributed by atoms with Gasteiger partial charge in [-0.15, -0.1) is 0 Å². The SMILES string of the molecule is CN(C)C1CCN(C(=O)c2cccc3c2OCCN3)CC1. The molecule has 0 unspecified atom stereocenters. The van der Waals surface area contributed by atoms with Crippen molar-refractivity contribution in [2.45, 2.75) is 18.9 Å². The number of likely N-dealkylation sites (tertiary alicyclic amines) is 1. The number of fused-ring (bicyclic) bond motifs is 1. The number of amides is 1. The second-order valence-corrected chi connectivity index (χ2v) is 5.94. The molecule has 1 amide bonds. The minimum atomic E-state index is 0.0905. The molecule has 1 N–H and O–H groups in total. The summed E-state index contributed by atoms with van der Waals surface area (Å²) in [6, 6.07) is 6.33. The lowest BCUT2D eigenvalue weighted by molar-refractivity contribution is 0.0659. The van der Waals surface area contributed by atoms with Crippen LogP contribution in [0, 0.1) is 0 Å². The minimum Gasteiger partial charge on any atom is -0.489 e. The van der Waals surface area contributed by atoms with Gasteiger partial charge < -0.3 is 19.9 Å². The fourth-order valence-electron chi connectivity index (χ4n) is 3.09. The molecule has 5 nitrogen and oxygen atoms in total. The first-order valence-electron chi connectivity index (χ1n) is 7.62. The van der Waals surface area contributed by atoms with E-state index in [1.807, 2.05) is 23.1 Å². The molecule has 0 aliphatic carbocycles. The van der Waals surface area contributed by atoms with Gasteiger partial charge in [-0.25, -0.2) is 0 Å². The smallest absolute Gasteiger partial charge is 0.257 e. The lowest BCUT2D eigenvalue weighted by Crippen LogP contribution is -2.44. The first kappa shape index (κ1) is 14.2. The molecule has 0 spiro atoms. The zero-order valence-corrected chi connectivity index (χ0v) is 12.8. The number of rotatable bonds is 2. The molecule has 0 saturated carbocycles. The number of para-hydroxylation sites is 1. The first-order chi connectivity index (χ1) is 10.2. The Morgan fingerprint density at radius 2 is 2.10 bits per heavy atom. The molecule has 0 atom stereocenters. The molecular formula is C16H23N3O2. The van der Waals surface area contributed by atoms with Crippen LogP contribution >= 0.6 is 0 Å². The molecule has 1 fully saturated rings. The predicted octanol–water partition coefficient (Wildman–Crippen LogP) is 1.66. The highest BCUT2D eigenvalue weighted by Gasteiger charge is 2.27. The Balaban J connectivity index is 1.75. The van der Waals surface area contributed by atoms with E-state index in [9.17, 15) is 4.79 Å². The normalized spacial score (nSPS) is 18.9. The highest BCUT2D eigenvalue weighted by Crippen LogP contribution is 2.32. The van der Waals surface area contributed by atoms with Crippen LogP contribution in [0.3, 0.4) is 0 Å². The van der Waals surface area contributed by atoms with Crippen molar-refractivity contribution in [2.24, 2.45) is 0 Å². The van der Waals surface area contributed by atoms with Gasteiger partial charge in [-0.1, -0.05) is 6.07 Å². The van der Waals surface area contributed by atoms with Gasteiger partial charge in [0, 0.05) is 25.7 Å². The summed E-state index contributed by atoms with van der Waals surface area (Å²) in [6.45, 7) is 3.04. The molecule has 0 bridgehead atoms. The summed E-state index contributed by atoms with van der Waals surface area (Å²) < 4.78 is 5.71. The van der Waals surface area contributed by atoms with E-state index in [-0.39, 0.29) is 5.91 Å². The Hall–Kier alpha value is -1.75. The fourth-order valence-corrected chi connectivity index (χ4v) is 3.09. The predicted molar refractivity (Wildman–Crippen MR) is 83.0 cm³/mol. The van der Waals surface area contributed by atoms with Crippen LogP contribution in [0.15, 0.2) is 18.2 Å². The second-order valence-electron chi connectivity index (χ2n) is 5.94. The molecule has 0 aromatic heterocycles. The number of piperidine rings is 1. The van der Waals surface area contributed by atoms with Crippen LogP contribution in [0.4, 0.5) is 5.69 Å². The van der Waals surface area contributed by atoms with E-state index >= 15 is 0 Å². The standard InChI is InChI=1S/C16H23N3O2/c1-18(2)12-6-9-19(10-7-12)16(20)13-4-3-5-14-15(13)21-11-8-17-14/h3-5,12,17H,6-11H2,1-2H3. The van der Waals surface area contributed by atoms with Gasteiger partial charge in [0.25, 0.3) is 5.91 Å². The van der Waals surface area contributed by atoms with E-state index in [4.69, 9.17) is 4.74 Å². The van der Waals surface area contributed by atoms with Gasteiger partial charge in [0.1, 0.15) is 6.61 Å². The second kappa shape index (κ2) is 5.93. The third kappa shape index (κ3) is 2.83. The van der Waals surface area contributed by atoms with Crippen LogP contribution in [0.1, 0.15) is 23.2 Å². The van der Waals surface area contributed by atoms with Crippen molar-refractivity contribution in [1.82, 2.24) is 9.80 Å². The average Bonchev–Trinajstić information content (AvgIpc) is 2.53. The van der Waals surface area contributed by atoms with E-state index in [0.29, 0.717) is 24.0 Å². The van der Waals surface area contributed by atoms with Gasteiger partial charge in [-0.05, 0) is 39.1 Å². The summed E-state index contributed by atoms with van der Waals surface area (Å²) in [5.74, 6) is 0.802. The summed E-state index contributed by atoms with van der Waals surface area (Å²) in [4.78, 5) is 17.0. The van der Waals surface area contributed by atoms with Gasteiger partial charge in [0.15, 0.2) is 5.75 Å². The fraction of sp³-hybridized carbons (Fsp3) is 0.562. The van der Waals surface area contributed by atoms with Crippen LogP contribution in [-0.4, -0.2) is 62.1 Å². The van der Waals surface area contributed by atoms with Crippen molar-refractivity contribution in [1.29, 1.82) is 0 Å². The Kier molecular flexibility index (Phi) is 4.01. The molecule has 3 rings (SSSR count). The van der Waals surface area contributed by atoms with E-state index in [2.05, 4.69) is 24.3 Å². The molecule has 2 aliphatic rings. The summed E-state index contributed by atoms with van der Waals surface area (Å²) in [7, 11) is 4.21. The third-order valence-corrected chi connectivity index (χ3v) is 4.39. The van der Waals surface area contributed by atoms with Crippen LogP contribution in [-0.2, 0) is 0 Å². The maximum absolute atomic E-state index is 12.8. The molecule has 2 heterocycles. The van der Waals surface area contributed by atoms with Crippen molar-refractivity contribution >= 4 is 11.6 Å². The molecule has 2 aliphatic heterocycles. The highest BCUT2D eigenvalue weighted by atomic mass is 16.5. The molecule has 114 valence electrons. The largest absolute Gasteiger partial charge is 0.489 e. The number of benzene rings is 1. The molecule has 1 aromatic rings. The summed E-state index contributed by atoms with van der Waals surface area (Å²) in [5.41, 5.74) is 1.61. The number of hydrogen-bond acceptors (Lipinski definition) is 4. The van der Waals surface area contributed by atoms with Crippen LogP contribution < -0.4 is 10.1 Å². The van der Waals surface area contributed by atoms with Crippen molar-refractivity contribution < 1.29 is 9.53 Å². The number of anilines is 1. The van der Waals surface area contributed by atoms with Crippen LogP contribution in [0.5, 0.6) is 5.75 Å². The van der Waals surface area contributed by atoms with E-state index < -0.39 is 0 Å². The zero-order chi connectivity index (χ0) is 14.8. The van der Waals surface area contributed by atoms with Gasteiger partial charge in [0.2, 0.25) is 0 Å². The van der Waals surface area contributed by atoms with Gasteiger partial charge in [-0.3, -0.25) is 4.79 Å². The Bertz CT molecular complexity index is 522. The molecule has 1 aromatic carbocycles. The van der Waals surface area contributed by atoms with Crippen LogP contribution in [0.25, 0.3) is 0 Å². The summed E-state index contributed by atoms with van der Waals surface area (Å²) >= 11 is 0. The summed E-state index contributed by atoms with van der Waals surface area (Å²) in [5, 5.41) is 3.28. The lowest BCUT2D eigenvalue weighted by Gasteiger charge is -2.35. The highest BCUT2D eigenvalue weighted by molar-refractivity contribution is 5.99. The number of hydrogen-bond donors (Lipinski definition) is 1. The molecule has 21 heavy (non-hydrogen) atoms.